The Balaban J connectivity index is 1.94. The fourth-order valence-electron chi connectivity index (χ4n) is 3.14. The van der Waals surface area contributed by atoms with Crippen LogP contribution in [0.5, 0.6) is 0 Å². The first-order chi connectivity index (χ1) is 10.8. The fraction of sp³-hybridized carbons (Fsp3) is 0.353. The second-order valence-corrected chi connectivity index (χ2v) is 5.64. The number of piperidine rings is 1. The van der Waals surface area contributed by atoms with Crippen LogP contribution in [0, 0.1) is 5.92 Å². The summed E-state index contributed by atoms with van der Waals surface area (Å²) in [5.74, 6) is -1.00. The number of carboxylic acids is 1. The van der Waals surface area contributed by atoms with E-state index in [1.807, 2.05) is 30.5 Å². The molecule has 22 heavy (non-hydrogen) atoms. The van der Waals surface area contributed by atoms with Gasteiger partial charge in [0.15, 0.2) is 0 Å². The first-order valence-corrected chi connectivity index (χ1v) is 7.52. The first kappa shape index (κ1) is 14.7. The van der Waals surface area contributed by atoms with Gasteiger partial charge in [-0.3, -0.25) is 19.7 Å². The minimum absolute atomic E-state index is 0.0267. The van der Waals surface area contributed by atoms with Gasteiger partial charge in [0.05, 0.1) is 12.0 Å². The molecule has 1 aliphatic rings. The molecule has 1 N–H and O–H groups in total. The normalized spacial score (nSPS) is 20.5. The third-order valence-corrected chi connectivity index (χ3v) is 4.19. The van der Waals surface area contributed by atoms with Gasteiger partial charge in [-0.25, -0.2) is 0 Å². The van der Waals surface area contributed by atoms with Crippen molar-refractivity contribution in [3.05, 3.63) is 60.2 Å². The number of rotatable bonds is 4. The average Bonchev–Trinajstić information content (AvgIpc) is 2.57. The third-order valence-electron chi connectivity index (χ3n) is 4.19. The van der Waals surface area contributed by atoms with Crippen molar-refractivity contribution in [3.8, 4) is 0 Å². The first-order valence-electron chi connectivity index (χ1n) is 7.52. The maximum Gasteiger partial charge on any atom is 0.307 e. The summed E-state index contributed by atoms with van der Waals surface area (Å²) in [5, 5.41) is 9.33. The lowest BCUT2D eigenvalue weighted by Gasteiger charge is -2.37. The van der Waals surface area contributed by atoms with Crippen molar-refractivity contribution in [3.63, 3.8) is 0 Å². The molecule has 5 heteroatoms. The number of pyridine rings is 2. The van der Waals surface area contributed by atoms with Crippen molar-refractivity contribution in [2.45, 2.75) is 18.9 Å². The van der Waals surface area contributed by atoms with Crippen LogP contribution in [0.25, 0.3) is 0 Å². The Labute approximate surface area is 129 Å². The van der Waals surface area contributed by atoms with E-state index in [2.05, 4.69) is 14.9 Å². The lowest BCUT2D eigenvalue weighted by molar-refractivity contribution is -0.143. The smallest absolute Gasteiger partial charge is 0.307 e. The zero-order valence-electron chi connectivity index (χ0n) is 12.3. The van der Waals surface area contributed by atoms with Gasteiger partial charge in [0, 0.05) is 31.3 Å². The molecular weight excluding hydrogens is 278 g/mol. The molecule has 1 saturated heterocycles. The van der Waals surface area contributed by atoms with Gasteiger partial charge in [-0.1, -0.05) is 6.07 Å². The molecule has 0 bridgehead atoms. The Morgan fingerprint density at radius 3 is 2.68 bits per heavy atom. The average molecular weight is 297 g/mol. The highest BCUT2D eigenvalue weighted by atomic mass is 16.4. The molecule has 0 aromatic carbocycles. The molecule has 3 heterocycles. The predicted octanol–water partition coefficient (Wildman–Crippen LogP) is 2.36. The molecule has 0 saturated carbocycles. The molecular formula is C17H19N3O2. The van der Waals surface area contributed by atoms with Gasteiger partial charge in [0.1, 0.15) is 0 Å². The standard InChI is InChI=1S/C17H19N3O2/c21-17(22)15-4-2-10-20(12-15)16(13-5-8-18-9-6-13)14-3-1-7-19-11-14/h1,3,5-9,11,15-16H,2,4,10,12H2,(H,21,22). The van der Waals surface area contributed by atoms with Crippen LogP contribution in [0.3, 0.4) is 0 Å². The van der Waals surface area contributed by atoms with Crippen LogP contribution >= 0.6 is 0 Å². The van der Waals surface area contributed by atoms with Crippen LogP contribution in [0.1, 0.15) is 30.0 Å². The molecule has 0 spiro atoms. The lowest BCUT2D eigenvalue weighted by Crippen LogP contribution is -2.41. The van der Waals surface area contributed by atoms with Crippen molar-refractivity contribution in [1.82, 2.24) is 14.9 Å². The minimum atomic E-state index is -0.704. The maximum atomic E-state index is 11.3. The number of likely N-dealkylation sites (tertiary alicyclic amines) is 1. The molecule has 3 rings (SSSR count). The summed E-state index contributed by atoms with van der Waals surface area (Å²) < 4.78 is 0. The molecule has 114 valence electrons. The zero-order chi connectivity index (χ0) is 15.4. The van der Waals surface area contributed by atoms with Crippen LogP contribution in [-0.2, 0) is 4.79 Å². The third kappa shape index (κ3) is 3.14. The molecule has 2 atom stereocenters. The summed E-state index contributed by atoms with van der Waals surface area (Å²) >= 11 is 0. The summed E-state index contributed by atoms with van der Waals surface area (Å²) in [7, 11) is 0. The number of aliphatic carboxylic acids is 1. The van der Waals surface area contributed by atoms with E-state index in [-0.39, 0.29) is 12.0 Å². The molecule has 0 radical (unpaired) electrons. The highest BCUT2D eigenvalue weighted by Crippen LogP contribution is 2.31. The lowest BCUT2D eigenvalue weighted by atomic mass is 9.92. The number of carbonyl (C=O) groups is 1. The van der Waals surface area contributed by atoms with E-state index in [0.717, 1.165) is 30.5 Å². The van der Waals surface area contributed by atoms with Crippen LogP contribution in [-0.4, -0.2) is 39.0 Å². The molecule has 2 aromatic heterocycles. The van der Waals surface area contributed by atoms with E-state index in [9.17, 15) is 9.90 Å². The van der Waals surface area contributed by atoms with E-state index in [1.165, 1.54) is 0 Å². The van der Waals surface area contributed by atoms with E-state index < -0.39 is 5.97 Å². The van der Waals surface area contributed by atoms with Gasteiger partial charge in [0.25, 0.3) is 0 Å². The molecule has 1 aliphatic heterocycles. The maximum absolute atomic E-state index is 11.3. The van der Waals surface area contributed by atoms with Gasteiger partial charge in [-0.15, -0.1) is 0 Å². The molecule has 1 fully saturated rings. The van der Waals surface area contributed by atoms with Crippen molar-refractivity contribution in [2.24, 2.45) is 5.92 Å². The number of hydrogen-bond donors (Lipinski definition) is 1. The Hall–Kier alpha value is -2.27. The number of nitrogens with zero attached hydrogens (tertiary/aromatic N) is 3. The largest absolute Gasteiger partial charge is 0.481 e. The monoisotopic (exact) mass is 297 g/mol. The highest BCUT2D eigenvalue weighted by Gasteiger charge is 2.31. The van der Waals surface area contributed by atoms with Gasteiger partial charge in [-0.2, -0.15) is 0 Å². The van der Waals surface area contributed by atoms with Crippen LogP contribution in [0.2, 0.25) is 0 Å². The molecule has 5 nitrogen and oxygen atoms in total. The number of hydrogen-bond acceptors (Lipinski definition) is 4. The van der Waals surface area contributed by atoms with Crippen molar-refractivity contribution in [1.29, 1.82) is 0 Å². The van der Waals surface area contributed by atoms with E-state index >= 15 is 0 Å². The fourth-order valence-corrected chi connectivity index (χ4v) is 3.14. The number of carboxylic acid groups (broad SMARTS) is 1. The molecule has 2 unspecified atom stereocenters. The quantitative estimate of drug-likeness (QED) is 0.938. The van der Waals surface area contributed by atoms with Crippen molar-refractivity contribution < 1.29 is 9.90 Å². The second kappa shape index (κ2) is 6.66. The summed E-state index contributed by atoms with van der Waals surface area (Å²) in [4.78, 5) is 21.9. The Kier molecular flexibility index (Phi) is 4.44. The minimum Gasteiger partial charge on any atom is -0.481 e. The van der Waals surface area contributed by atoms with E-state index in [1.54, 1.807) is 18.6 Å². The summed E-state index contributed by atoms with van der Waals surface area (Å²) in [5.41, 5.74) is 2.20. The second-order valence-electron chi connectivity index (χ2n) is 5.64. The molecule has 0 aliphatic carbocycles. The van der Waals surface area contributed by atoms with Crippen LogP contribution in [0.15, 0.2) is 49.1 Å². The van der Waals surface area contributed by atoms with Gasteiger partial charge in [0.2, 0.25) is 0 Å². The topological polar surface area (TPSA) is 66.3 Å². The summed E-state index contributed by atoms with van der Waals surface area (Å²) in [6.07, 6.45) is 8.81. The number of aromatic nitrogens is 2. The zero-order valence-corrected chi connectivity index (χ0v) is 12.3. The van der Waals surface area contributed by atoms with Crippen molar-refractivity contribution >= 4 is 5.97 Å². The van der Waals surface area contributed by atoms with Crippen molar-refractivity contribution in [2.75, 3.05) is 13.1 Å². The van der Waals surface area contributed by atoms with Gasteiger partial charge in [-0.05, 0) is 48.7 Å². The predicted molar refractivity (Wildman–Crippen MR) is 82.2 cm³/mol. The molecule has 0 amide bonds. The van der Waals surface area contributed by atoms with Gasteiger partial charge >= 0.3 is 5.97 Å². The van der Waals surface area contributed by atoms with E-state index in [4.69, 9.17) is 0 Å². The Morgan fingerprint density at radius 2 is 2.00 bits per heavy atom. The van der Waals surface area contributed by atoms with Crippen LogP contribution in [0.4, 0.5) is 0 Å². The Morgan fingerprint density at radius 1 is 1.18 bits per heavy atom. The summed E-state index contributed by atoms with van der Waals surface area (Å²) in [6.45, 7) is 1.46. The highest BCUT2D eigenvalue weighted by molar-refractivity contribution is 5.70. The van der Waals surface area contributed by atoms with Gasteiger partial charge < -0.3 is 5.11 Å². The van der Waals surface area contributed by atoms with Crippen LogP contribution < -0.4 is 0 Å². The molecule has 2 aromatic rings. The van der Waals surface area contributed by atoms with E-state index in [0.29, 0.717) is 6.54 Å². The summed E-state index contributed by atoms with van der Waals surface area (Å²) in [6, 6.07) is 7.97. The SMILES string of the molecule is O=C(O)C1CCCN(C(c2ccncc2)c2cccnc2)C1. The Bertz CT molecular complexity index is 579.